The molecule has 0 radical (unpaired) electrons. The van der Waals surface area contributed by atoms with Crippen LogP contribution >= 0.6 is 0 Å². The van der Waals surface area contributed by atoms with Crippen molar-refractivity contribution < 1.29 is 13.2 Å². The van der Waals surface area contributed by atoms with Crippen LogP contribution < -0.4 is 4.74 Å². The van der Waals surface area contributed by atoms with Gasteiger partial charge in [-0.1, -0.05) is 13.8 Å². The Balaban J connectivity index is 2.68. The van der Waals surface area contributed by atoms with Gasteiger partial charge in [-0.25, -0.2) is 4.98 Å². The first-order valence-corrected chi connectivity index (χ1v) is 8.19. The lowest BCUT2D eigenvalue weighted by atomic mass is 9.98. The normalized spacial score (nSPS) is 11.9. The second-order valence-corrected chi connectivity index (χ2v) is 6.78. The van der Waals surface area contributed by atoms with Crippen LogP contribution in [0.2, 0.25) is 0 Å². The number of aryl methyl sites for hydroxylation is 1. The number of rotatable bonds is 5. The van der Waals surface area contributed by atoms with E-state index in [9.17, 15) is 8.42 Å². The van der Waals surface area contributed by atoms with E-state index in [4.69, 9.17) is 4.74 Å². The molecule has 1 aromatic heterocycles. The van der Waals surface area contributed by atoms with Crippen molar-refractivity contribution in [1.82, 2.24) is 14.2 Å². The van der Waals surface area contributed by atoms with Crippen LogP contribution in [0.25, 0.3) is 0 Å². The fourth-order valence-corrected chi connectivity index (χ4v) is 3.39. The van der Waals surface area contributed by atoms with Crippen molar-refractivity contribution >= 4 is 10.0 Å². The Kier molecular flexibility index (Phi) is 4.32. The average molecular weight is 309 g/mol. The molecule has 7 heteroatoms. The summed E-state index contributed by atoms with van der Waals surface area (Å²) in [5.41, 5.74) is 1.98. The summed E-state index contributed by atoms with van der Waals surface area (Å²) < 4.78 is 31.7. The summed E-state index contributed by atoms with van der Waals surface area (Å²) in [7, 11) is -3.80. The van der Waals surface area contributed by atoms with Crippen LogP contribution in [0.1, 0.15) is 37.8 Å². The highest BCUT2D eigenvalue weighted by Crippen LogP contribution is 2.32. The highest BCUT2D eigenvalue weighted by atomic mass is 32.2. The van der Waals surface area contributed by atoms with Crippen LogP contribution in [0, 0.1) is 6.92 Å². The van der Waals surface area contributed by atoms with Crippen molar-refractivity contribution in [3.8, 4) is 5.75 Å². The maximum atomic E-state index is 12.7. The Morgan fingerprint density at radius 1 is 1.33 bits per heavy atom. The SMILES string of the molecule is CCOc1cc(C)c(C(C)C)cc1S(=O)(=O)n1cncn1. The predicted molar refractivity (Wildman–Crippen MR) is 79.0 cm³/mol. The predicted octanol–water partition coefficient (Wildman–Crippen LogP) is 2.35. The Morgan fingerprint density at radius 3 is 2.57 bits per heavy atom. The lowest BCUT2D eigenvalue weighted by molar-refractivity contribution is 0.330. The molecule has 0 atom stereocenters. The van der Waals surface area contributed by atoms with Gasteiger partial charge in [-0.15, -0.1) is 9.19 Å². The summed E-state index contributed by atoms with van der Waals surface area (Å²) in [6.07, 6.45) is 2.36. The maximum absolute atomic E-state index is 12.7. The molecule has 21 heavy (non-hydrogen) atoms. The van der Waals surface area contributed by atoms with E-state index in [0.717, 1.165) is 15.2 Å². The molecule has 1 aromatic carbocycles. The van der Waals surface area contributed by atoms with E-state index in [1.54, 1.807) is 12.1 Å². The van der Waals surface area contributed by atoms with Crippen LogP contribution in [0.15, 0.2) is 29.7 Å². The third-order valence-corrected chi connectivity index (χ3v) is 4.73. The van der Waals surface area contributed by atoms with E-state index in [1.165, 1.54) is 12.7 Å². The first-order chi connectivity index (χ1) is 9.87. The fourth-order valence-electron chi connectivity index (χ4n) is 2.19. The maximum Gasteiger partial charge on any atom is 0.288 e. The van der Waals surface area contributed by atoms with E-state index in [2.05, 4.69) is 10.1 Å². The van der Waals surface area contributed by atoms with Gasteiger partial charge in [0.1, 0.15) is 23.3 Å². The molecule has 114 valence electrons. The van der Waals surface area contributed by atoms with Gasteiger partial charge in [-0.3, -0.25) is 0 Å². The summed E-state index contributed by atoms with van der Waals surface area (Å²) in [5, 5.41) is 3.72. The van der Waals surface area contributed by atoms with Gasteiger partial charge >= 0.3 is 0 Å². The number of aromatic nitrogens is 3. The molecule has 0 aliphatic rings. The van der Waals surface area contributed by atoms with Gasteiger partial charge < -0.3 is 4.74 Å². The van der Waals surface area contributed by atoms with Crippen molar-refractivity contribution in [2.24, 2.45) is 0 Å². The zero-order chi connectivity index (χ0) is 15.6. The Bertz CT molecular complexity index is 722. The van der Waals surface area contributed by atoms with Gasteiger partial charge in [0.25, 0.3) is 10.0 Å². The van der Waals surface area contributed by atoms with Crippen molar-refractivity contribution in [2.45, 2.75) is 38.5 Å². The number of hydrogen-bond donors (Lipinski definition) is 0. The summed E-state index contributed by atoms with van der Waals surface area (Å²) >= 11 is 0. The number of ether oxygens (including phenoxy) is 1. The van der Waals surface area contributed by atoms with Gasteiger partial charge in [-0.2, -0.15) is 8.42 Å². The molecule has 0 saturated heterocycles. The Hall–Kier alpha value is -1.89. The van der Waals surface area contributed by atoms with E-state index in [1.807, 2.05) is 27.7 Å². The standard InChI is InChI=1S/C14H19N3O3S/c1-5-20-13-6-11(4)12(10(2)3)7-14(13)21(18,19)17-9-15-8-16-17/h6-10H,5H2,1-4H3. The summed E-state index contributed by atoms with van der Waals surface area (Å²) in [6, 6.07) is 3.44. The molecule has 0 saturated carbocycles. The molecule has 0 spiro atoms. The quantitative estimate of drug-likeness (QED) is 0.847. The summed E-state index contributed by atoms with van der Waals surface area (Å²) in [5.74, 6) is 0.556. The first kappa shape index (κ1) is 15.5. The molecule has 2 aromatic rings. The largest absolute Gasteiger partial charge is 0.492 e. The highest BCUT2D eigenvalue weighted by Gasteiger charge is 2.24. The molecule has 0 N–H and O–H groups in total. The molecule has 0 fully saturated rings. The highest BCUT2D eigenvalue weighted by molar-refractivity contribution is 7.90. The first-order valence-electron chi connectivity index (χ1n) is 6.75. The van der Waals surface area contributed by atoms with Crippen LogP contribution in [-0.4, -0.2) is 29.2 Å². The average Bonchev–Trinajstić information content (AvgIpc) is 2.93. The molecule has 2 rings (SSSR count). The molecule has 0 aliphatic heterocycles. The summed E-state index contributed by atoms with van der Waals surface area (Å²) in [4.78, 5) is 3.81. The van der Waals surface area contributed by atoms with Crippen molar-refractivity contribution in [2.75, 3.05) is 6.61 Å². The fraction of sp³-hybridized carbons (Fsp3) is 0.429. The minimum Gasteiger partial charge on any atom is -0.492 e. The van der Waals surface area contributed by atoms with Crippen LogP contribution in [0.3, 0.4) is 0 Å². The van der Waals surface area contributed by atoms with E-state index in [0.29, 0.717) is 12.4 Å². The lowest BCUT2D eigenvalue weighted by Crippen LogP contribution is -2.16. The minimum absolute atomic E-state index is 0.115. The topological polar surface area (TPSA) is 74.1 Å². The van der Waals surface area contributed by atoms with Gasteiger partial charge in [0.05, 0.1) is 6.61 Å². The Labute approximate surface area is 124 Å². The molecule has 0 unspecified atom stereocenters. The molecule has 0 amide bonds. The number of hydrogen-bond acceptors (Lipinski definition) is 5. The zero-order valence-corrected chi connectivity index (χ0v) is 13.4. The van der Waals surface area contributed by atoms with Crippen LogP contribution in [-0.2, 0) is 10.0 Å². The zero-order valence-electron chi connectivity index (χ0n) is 12.6. The van der Waals surface area contributed by atoms with Crippen LogP contribution in [0.5, 0.6) is 5.75 Å². The summed E-state index contributed by atoms with van der Waals surface area (Å²) in [6.45, 7) is 8.20. The second-order valence-electron chi connectivity index (χ2n) is 5.02. The smallest absolute Gasteiger partial charge is 0.288 e. The third-order valence-electron chi connectivity index (χ3n) is 3.18. The van der Waals surface area contributed by atoms with Gasteiger partial charge in [0.15, 0.2) is 0 Å². The molecular formula is C14H19N3O3S. The molecule has 6 nitrogen and oxygen atoms in total. The van der Waals surface area contributed by atoms with E-state index < -0.39 is 10.0 Å². The monoisotopic (exact) mass is 309 g/mol. The minimum atomic E-state index is -3.80. The Morgan fingerprint density at radius 2 is 2.05 bits per heavy atom. The van der Waals surface area contributed by atoms with E-state index in [-0.39, 0.29) is 10.8 Å². The van der Waals surface area contributed by atoms with Crippen molar-refractivity contribution in [3.05, 3.63) is 35.9 Å². The van der Waals surface area contributed by atoms with Crippen molar-refractivity contribution in [3.63, 3.8) is 0 Å². The molecule has 0 aliphatic carbocycles. The second kappa shape index (κ2) is 5.85. The van der Waals surface area contributed by atoms with E-state index >= 15 is 0 Å². The van der Waals surface area contributed by atoms with Gasteiger partial charge in [0, 0.05) is 0 Å². The van der Waals surface area contributed by atoms with Gasteiger partial charge in [-0.05, 0) is 43.0 Å². The molecular weight excluding hydrogens is 290 g/mol. The number of benzene rings is 1. The lowest BCUT2D eigenvalue weighted by Gasteiger charge is -2.16. The van der Waals surface area contributed by atoms with Gasteiger partial charge in [0.2, 0.25) is 0 Å². The molecule has 0 bridgehead atoms. The van der Waals surface area contributed by atoms with Crippen molar-refractivity contribution in [1.29, 1.82) is 0 Å². The third kappa shape index (κ3) is 2.92. The van der Waals surface area contributed by atoms with Crippen LogP contribution in [0.4, 0.5) is 0 Å². The number of nitrogens with zero attached hydrogens (tertiary/aromatic N) is 3. The molecule has 1 heterocycles.